The second-order valence-electron chi connectivity index (χ2n) is 3.49. The molecule has 0 fully saturated rings. The lowest BCUT2D eigenvalue weighted by Crippen LogP contribution is -2.13. The highest BCUT2D eigenvalue weighted by molar-refractivity contribution is 5.90. The summed E-state index contributed by atoms with van der Waals surface area (Å²) in [6, 6.07) is 13.1. The molecule has 0 bridgehead atoms. The van der Waals surface area contributed by atoms with Gasteiger partial charge in [0.25, 0.3) is 0 Å². The zero-order valence-corrected chi connectivity index (χ0v) is 8.88. The standard InChI is InChI=1S/C13H12O3/c1-16-13(15)12(14)11-8-4-6-9-5-2-3-7-10(9)11/h2-8,12,14H,1H3. The Morgan fingerprint density at radius 2 is 1.88 bits per heavy atom. The summed E-state index contributed by atoms with van der Waals surface area (Å²) in [5, 5.41) is 11.7. The van der Waals surface area contributed by atoms with E-state index in [4.69, 9.17) is 0 Å². The highest BCUT2D eigenvalue weighted by Gasteiger charge is 2.19. The van der Waals surface area contributed by atoms with Gasteiger partial charge in [-0.25, -0.2) is 4.79 Å². The fourth-order valence-corrected chi connectivity index (χ4v) is 1.73. The number of benzene rings is 2. The van der Waals surface area contributed by atoms with Crippen LogP contribution in [0.4, 0.5) is 0 Å². The zero-order valence-electron chi connectivity index (χ0n) is 8.88. The van der Waals surface area contributed by atoms with Gasteiger partial charge in [-0.15, -0.1) is 0 Å². The van der Waals surface area contributed by atoms with Crippen molar-refractivity contribution < 1.29 is 14.6 Å². The minimum atomic E-state index is -1.23. The van der Waals surface area contributed by atoms with Crippen LogP contribution in [0.5, 0.6) is 0 Å². The molecule has 0 aliphatic heterocycles. The van der Waals surface area contributed by atoms with E-state index in [1.54, 1.807) is 6.07 Å². The van der Waals surface area contributed by atoms with Crippen LogP contribution in [-0.2, 0) is 9.53 Å². The maximum atomic E-state index is 11.3. The van der Waals surface area contributed by atoms with Crippen molar-refractivity contribution in [1.29, 1.82) is 0 Å². The molecule has 0 saturated carbocycles. The number of ether oxygens (including phenoxy) is 1. The fraction of sp³-hybridized carbons (Fsp3) is 0.154. The molecule has 2 aromatic rings. The van der Waals surface area contributed by atoms with Crippen LogP contribution in [-0.4, -0.2) is 18.2 Å². The smallest absolute Gasteiger partial charge is 0.339 e. The fourth-order valence-electron chi connectivity index (χ4n) is 1.73. The number of fused-ring (bicyclic) bond motifs is 1. The number of carbonyl (C=O) groups excluding carboxylic acids is 1. The van der Waals surface area contributed by atoms with Crippen LogP contribution in [0.25, 0.3) is 10.8 Å². The third-order valence-corrected chi connectivity index (χ3v) is 2.54. The molecule has 0 spiro atoms. The Morgan fingerprint density at radius 1 is 1.19 bits per heavy atom. The highest BCUT2D eigenvalue weighted by Crippen LogP contribution is 2.24. The normalized spacial score (nSPS) is 12.4. The largest absolute Gasteiger partial charge is 0.467 e. The van der Waals surface area contributed by atoms with Crippen molar-refractivity contribution in [2.75, 3.05) is 7.11 Å². The Kier molecular flexibility index (Phi) is 2.88. The average molecular weight is 216 g/mol. The summed E-state index contributed by atoms with van der Waals surface area (Å²) in [4.78, 5) is 11.3. The van der Waals surface area contributed by atoms with Crippen molar-refractivity contribution in [3.8, 4) is 0 Å². The molecule has 2 aromatic carbocycles. The summed E-state index contributed by atoms with van der Waals surface area (Å²) in [6.45, 7) is 0. The van der Waals surface area contributed by atoms with Gasteiger partial charge >= 0.3 is 5.97 Å². The van der Waals surface area contributed by atoms with Crippen molar-refractivity contribution in [1.82, 2.24) is 0 Å². The second-order valence-corrected chi connectivity index (χ2v) is 3.49. The van der Waals surface area contributed by atoms with Crippen molar-refractivity contribution >= 4 is 16.7 Å². The van der Waals surface area contributed by atoms with E-state index < -0.39 is 12.1 Å². The van der Waals surface area contributed by atoms with E-state index in [1.165, 1.54) is 7.11 Å². The highest BCUT2D eigenvalue weighted by atomic mass is 16.5. The number of aliphatic hydroxyl groups excluding tert-OH is 1. The number of rotatable bonds is 2. The van der Waals surface area contributed by atoms with Gasteiger partial charge < -0.3 is 9.84 Å². The molecule has 82 valence electrons. The van der Waals surface area contributed by atoms with Gasteiger partial charge in [-0.1, -0.05) is 42.5 Å². The minimum Gasteiger partial charge on any atom is -0.467 e. The molecule has 0 aliphatic carbocycles. The molecule has 3 nitrogen and oxygen atoms in total. The summed E-state index contributed by atoms with van der Waals surface area (Å²) in [5.41, 5.74) is 0.574. The second kappa shape index (κ2) is 4.33. The summed E-state index contributed by atoms with van der Waals surface area (Å²) < 4.78 is 4.53. The first-order valence-corrected chi connectivity index (χ1v) is 4.97. The van der Waals surface area contributed by atoms with E-state index in [9.17, 15) is 9.90 Å². The van der Waals surface area contributed by atoms with Crippen molar-refractivity contribution in [3.05, 3.63) is 48.0 Å². The molecule has 0 aromatic heterocycles. The van der Waals surface area contributed by atoms with Crippen LogP contribution in [0, 0.1) is 0 Å². The Hall–Kier alpha value is -1.87. The van der Waals surface area contributed by atoms with Gasteiger partial charge in [-0.2, -0.15) is 0 Å². The van der Waals surface area contributed by atoms with E-state index >= 15 is 0 Å². The van der Waals surface area contributed by atoms with Gasteiger partial charge in [-0.05, 0) is 16.3 Å². The first-order chi connectivity index (χ1) is 7.74. The SMILES string of the molecule is COC(=O)C(O)c1cccc2ccccc12. The molecule has 0 amide bonds. The van der Waals surface area contributed by atoms with E-state index in [-0.39, 0.29) is 0 Å². The van der Waals surface area contributed by atoms with Crippen LogP contribution in [0.3, 0.4) is 0 Å². The topological polar surface area (TPSA) is 46.5 Å². The number of aliphatic hydroxyl groups is 1. The van der Waals surface area contributed by atoms with Gasteiger partial charge in [0.1, 0.15) is 0 Å². The third kappa shape index (κ3) is 1.77. The Labute approximate surface area is 93.3 Å². The lowest BCUT2D eigenvalue weighted by molar-refractivity contribution is -0.150. The summed E-state index contributed by atoms with van der Waals surface area (Å²) in [6.07, 6.45) is -1.23. The predicted octanol–water partition coefficient (Wildman–Crippen LogP) is 2.05. The monoisotopic (exact) mass is 216 g/mol. The minimum absolute atomic E-state index is 0.574. The van der Waals surface area contributed by atoms with Crippen molar-refractivity contribution in [2.24, 2.45) is 0 Å². The number of hydrogen-bond donors (Lipinski definition) is 1. The molecule has 0 heterocycles. The maximum Gasteiger partial charge on any atom is 0.339 e. The van der Waals surface area contributed by atoms with Crippen LogP contribution in [0.2, 0.25) is 0 Å². The zero-order chi connectivity index (χ0) is 11.5. The summed E-state index contributed by atoms with van der Waals surface area (Å²) in [5.74, 6) is -0.642. The number of carbonyl (C=O) groups is 1. The lowest BCUT2D eigenvalue weighted by atomic mass is 10.0. The first-order valence-electron chi connectivity index (χ1n) is 4.97. The van der Waals surface area contributed by atoms with Gasteiger partial charge in [0.05, 0.1) is 7.11 Å². The average Bonchev–Trinajstić information content (AvgIpc) is 2.36. The maximum absolute atomic E-state index is 11.3. The van der Waals surface area contributed by atoms with E-state index in [2.05, 4.69) is 4.74 Å². The Bertz CT molecular complexity index is 514. The van der Waals surface area contributed by atoms with Gasteiger partial charge in [-0.3, -0.25) is 0 Å². The van der Waals surface area contributed by atoms with E-state index in [0.29, 0.717) is 5.56 Å². The van der Waals surface area contributed by atoms with E-state index in [1.807, 2.05) is 36.4 Å². The number of esters is 1. The van der Waals surface area contributed by atoms with Crippen molar-refractivity contribution in [3.63, 3.8) is 0 Å². The molecule has 3 heteroatoms. The van der Waals surface area contributed by atoms with Crippen LogP contribution in [0.15, 0.2) is 42.5 Å². The molecule has 2 rings (SSSR count). The van der Waals surface area contributed by atoms with Gasteiger partial charge in [0.2, 0.25) is 0 Å². The van der Waals surface area contributed by atoms with Crippen LogP contribution in [0.1, 0.15) is 11.7 Å². The molecule has 0 aliphatic rings. The molecule has 1 atom stereocenters. The van der Waals surface area contributed by atoms with Gasteiger partial charge in [0.15, 0.2) is 6.10 Å². The van der Waals surface area contributed by atoms with Gasteiger partial charge in [0, 0.05) is 0 Å². The predicted molar refractivity (Wildman–Crippen MR) is 60.9 cm³/mol. The van der Waals surface area contributed by atoms with E-state index in [0.717, 1.165) is 10.8 Å². The number of hydrogen-bond acceptors (Lipinski definition) is 3. The Morgan fingerprint density at radius 3 is 2.62 bits per heavy atom. The third-order valence-electron chi connectivity index (χ3n) is 2.54. The first kappa shape index (κ1) is 10.6. The molecule has 1 unspecified atom stereocenters. The Balaban J connectivity index is 2.56. The lowest BCUT2D eigenvalue weighted by Gasteiger charge is -2.11. The van der Waals surface area contributed by atoms with Crippen molar-refractivity contribution in [2.45, 2.75) is 6.10 Å². The summed E-state index contributed by atoms with van der Waals surface area (Å²) in [7, 11) is 1.26. The molecular formula is C13H12O3. The summed E-state index contributed by atoms with van der Waals surface area (Å²) >= 11 is 0. The quantitative estimate of drug-likeness (QED) is 0.781. The number of methoxy groups -OCH3 is 1. The molecular weight excluding hydrogens is 204 g/mol. The molecule has 0 radical (unpaired) electrons. The molecule has 0 saturated heterocycles. The molecule has 1 N–H and O–H groups in total. The van der Waals surface area contributed by atoms with Crippen LogP contribution < -0.4 is 0 Å². The molecule has 16 heavy (non-hydrogen) atoms. The van der Waals surface area contributed by atoms with Crippen LogP contribution >= 0.6 is 0 Å².